The van der Waals surface area contributed by atoms with Crippen LogP contribution in [0.2, 0.25) is 5.02 Å². The molecule has 1 aliphatic heterocycles. The third-order valence-electron chi connectivity index (χ3n) is 3.91. The van der Waals surface area contributed by atoms with Gasteiger partial charge in [-0.2, -0.15) is 0 Å². The van der Waals surface area contributed by atoms with Crippen LogP contribution in [0.5, 0.6) is 0 Å². The zero-order valence-electron chi connectivity index (χ0n) is 12.2. The molecule has 2 unspecified atom stereocenters. The van der Waals surface area contributed by atoms with Crippen molar-refractivity contribution in [2.24, 2.45) is 0 Å². The summed E-state index contributed by atoms with van der Waals surface area (Å²) >= 11 is 6.05. The van der Waals surface area contributed by atoms with Gasteiger partial charge in [-0.1, -0.05) is 30.7 Å². The second-order valence-electron chi connectivity index (χ2n) is 5.41. The molecular weight excluding hydrogens is 272 g/mol. The second kappa shape index (κ2) is 7.09. The Balaban J connectivity index is 2.08. The van der Waals surface area contributed by atoms with Gasteiger partial charge in [0.25, 0.3) is 0 Å². The van der Waals surface area contributed by atoms with Crippen molar-refractivity contribution in [2.75, 3.05) is 13.1 Å². The first-order valence-electron chi connectivity index (χ1n) is 7.42. The summed E-state index contributed by atoms with van der Waals surface area (Å²) in [6.45, 7) is 5.92. The van der Waals surface area contributed by atoms with E-state index in [9.17, 15) is 4.79 Å². The van der Waals surface area contributed by atoms with E-state index in [0.717, 1.165) is 42.9 Å². The predicted molar refractivity (Wildman–Crippen MR) is 82.9 cm³/mol. The zero-order chi connectivity index (χ0) is 14.5. The maximum atomic E-state index is 12.6. The standard InChI is InChI=1S/C16H23ClN2O/c1-3-9-18-15-8-5-10-19(16(15)20)12(2)13-6-4-7-14(17)11-13/h4,6-7,11-12,15,18H,3,5,8-10H2,1-2H3. The van der Waals surface area contributed by atoms with E-state index in [4.69, 9.17) is 11.6 Å². The van der Waals surface area contributed by atoms with Crippen molar-refractivity contribution < 1.29 is 4.79 Å². The molecule has 0 bridgehead atoms. The van der Waals surface area contributed by atoms with Crippen molar-refractivity contribution in [3.63, 3.8) is 0 Å². The average molecular weight is 295 g/mol. The highest BCUT2D eigenvalue weighted by Crippen LogP contribution is 2.26. The lowest BCUT2D eigenvalue weighted by Gasteiger charge is -2.37. The number of hydrogen-bond donors (Lipinski definition) is 1. The zero-order valence-corrected chi connectivity index (χ0v) is 13.0. The number of benzene rings is 1. The summed E-state index contributed by atoms with van der Waals surface area (Å²) < 4.78 is 0. The van der Waals surface area contributed by atoms with Crippen molar-refractivity contribution >= 4 is 17.5 Å². The Bertz CT molecular complexity index is 464. The van der Waals surface area contributed by atoms with E-state index in [2.05, 4.69) is 19.2 Å². The van der Waals surface area contributed by atoms with Crippen LogP contribution < -0.4 is 5.32 Å². The van der Waals surface area contributed by atoms with Crippen LogP contribution in [0.25, 0.3) is 0 Å². The SMILES string of the molecule is CCCNC1CCCN(C(C)c2cccc(Cl)c2)C1=O. The number of piperidine rings is 1. The summed E-state index contributed by atoms with van der Waals surface area (Å²) in [6, 6.07) is 7.84. The van der Waals surface area contributed by atoms with E-state index in [1.807, 2.05) is 29.2 Å². The Hall–Kier alpha value is -1.06. The third kappa shape index (κ3) is 3.53. The van der Waals surface area contributed by atoms with Gasteiger partial charge in [0.2, 0.25) is 5.91 Å². The molecule has 1 fully saturated rings. The molecule has 3 nitrogen and oxygen atoms in total. The van der Waals surface area contributed by atoms with Gasteiger partial charge < -0.3 is 10.2 Å². The van der Waals surface area contributed by atoms with Crippen LogP contribution in [0.4, 0.5) is 0 Å². The van der Waals surface area contributed by atoms with Crippen LogP contribution in [-0.2, 0) is 4.79 Å². The Labute approximate surface area is 126 Å². The van der Waals surface area contributed by atoms with Crippen LogP contribution in [0, 0.1) is 0 Å². The normalized spacial score (nSPS) is 21.1. The Morgan fingerprint density at radius 2 is 2.30 bits per heavy atom. The number of nitrogens with one attached hydrogen (secondary N) is 1. The molecule has 1 N–H and O–H groups in total. The topological polar surface area (TPSA) is 32.3 Å². The molecule has 1 aromatic carbocycles. The summed E-state index contributed by atoms with van der Waals surface area (Å²) in [5, 5.41) is 4.07. The Kier molecular flexibility index (Phi) is 5.44. The molecule has 0 spiro atoms. The van der Waals surface area contributed by atoms with Crippen molar-refractivity contribution in [3.8, 4) is 0 Å². The summed E-state index contributed by atoms with van der Waals surface area (Å²) in [4.78, 5) is 14.5. The number of hydrogen-bond acceptors (Lipinski definition) is 2. The molecule has 0 aromatic heterocycles. The molecule has 0 radical (unpaired) electrons. The monoisotopic (exact) mass is 294 g/mol. The van der Waals surface area contributed by atoms with E-state index in [-0.39, 0.29) is 18.0 Å². The summed E-state index contributed by atoms with van der Waals surface area (Å²) in [5.74, 6) is 0.220. The minimum Gasteiger partial charge on any atom is -0.335 e. The van der Waals surface area contributed by atoms with Crippen LogP contribution in [0.15, 0.2) is 24.3 Å². The van der Waals surface area contributed by atoms with Crippen LogP contribution in [-0.4, -0.2) is 29.9 Å². The number of halogens is 1. The van der Waals surface area contributed by atoms with E-state index in [1.165, 1.54) is 0 Å². The van der Waals surface area contributed by atoms with Gasteiger partial charge in [-0.05, 0) is 50.4 Å². The average Bonchev–Trinajstić information content (AvgIpc) is 2.45. The lowest BCUT2D eigenvalue weighted by atomic mass is 9.99. The Morgan fingerprint density at radius 3 is 3.00 bits per heavy atom. The molecular formula is C16H23ClN2O. The number of rotatable bonds is 5. The summed E-state index contributed by atoms with van der Waals surface area (Å²) in [6.07, 6.45) is 3.04. The number of carbonyl (C=O) groups excluding carboxylic acids is 1. The highest BCUT2D eigenvalue weighted by molar-refractivity contribution is 6.30. The van der Waals surface area contributed by atoms with Gasteiger partial charge in [-0.25, -0.2) is 0 Å². The van der Waals surface area contributed by atoms with Gasteiger partial charge in [0.15, 0.2) is 0 Å². The van der Waals surface area contributed by atoms with Crippen molar-refractivity contribution in [1.82, 2.24) is 10.2 Å². The summed E-state index contributed by atoms with van der Waals surface area (Å²) in [5.41, 5.74) is 1.10. The fraction of sp³-hybridized carbons (Fsp3) is 0.562. The van der Waals surface area contributed by atoms with Gasteiger partial charge >= 0.3 is 0 Å². The first-order chi connectivity index (χ1) is 9.63. The fourth-order valence-corrected chi connectivity index (χ4v) is 2.94. The largest absolute Gasteiger partial charge is 0.335 e. The van der Waals surface area contributed by atoms with Crippen molar-refractivity contribution in [1.29, 1.82) is 0 Å². The Morgan fingerprint density at radius 1 is 1.50 bits per heavy atom. The maximum absolute atomic E-state index is 12.6. The number of likely N-dealkylation sites (tertiary alicyclic amines) is 1. The van der Waals surface area contributed by atoms with E-state index in [0.29, 0.717) is 0 Å². The van der Waals surface area contributed by atoms with Crippen molar-refractivity contribution in [3.05, 3.63) is 34.9 Å². The first-order valence-corrected chi connectivity index (χ1v) is 7.80. The first kappa shape index (κ1) is 15.3. The fourth-order valence-electron chi connectivity index (χ4n) is 2.74. The molecule has 1 saturated heterocycles. The smallest absolute Gasteiger partial charge is 0.240 e. The lowest BCUT2D eigenvalue weighted by Crippen LogP contribution is -2.51. The van der Waals surface area contributed by atoms with Gasteiger partial charge in [0.05, 0.1) is 12.1 Å². The molecule has 20 heavy (non-hydrogen) atoms. The molecule has 0 saturated carbocycles. The van der Waals surface area contributed by atoms with Gasteiger partial charge in [0.1, 0.15) is 0 Å². The highest BCUT2D eigenvalue weighted by atomic mass is 35.5. The molecule has 4 heteroatoms. The molecule has 1 aromatic rings. The quantitative estimate of drug-likeness (QED) is 0.903. The van der Waals surface area contributed by atoms with Gasteiger partial charge in [0, 0.05) is 11.6 Å². The van der Waals surface area contributed by atoms with Gasteiger partial charge in [-0.15, -0.1) is 0 Å². The molecule has 2 rings (SSSR count). The molecule has 1 aliphatic rings. The number of carbonyl (C=O) groups is 1. The molecule has 1 amide bonds. The highest BCUT2D eigenvalue weighted by Gasteiger charge is 2.31. The summed E-state index contributed by atoms with van der Waals surface area (Å²) in [7, 11) is 0. The van der Waals surface area contributed by atoms with Crippen LogP contribution in [0.1, 0.15) is 44.7 Å². The predicted octanol–water partition coefficient (Wildman–Crippen LogP) is 3.39. The van der Waals surface area contributed by atoms with E-state index < -0.39 is 0 Å². The molecule has 1 heterocycles. The van der Waals surface area contributed by atoms with Crippen LogP contribution >= 0.6 is 11.6 Å². The van der Waals surface area contributed by atoms with Crippen molar-refractivity contribution in [2.45, 2.75) is 45.2 Å². The number of amides is 1. The minimum absolute atomic E-state index is 0.0228. The maximum Gasteiger partial charge on any atom is 0.240 e. The lowest BCUT2D eigenvalue weighted by molar-refractivity contribution is -0.138. The minimum atomic E-state index is -0.0228. The van der Waals surface area contributed by atoms with E-state index in [1.54, 1.807) is 0 Å². The molecule has 0 aliphatic carbocycles. The van der Waals surface area contributed by atoms with E-state index >= 15 is 0 Å². The van der Waals surface area contributed by atoms with Crippen LogP contribution in [0.3, 0.4) is 0 Å². The second-order valence-corrected chi connectivity index (χ2v) is 5.85. The molecule has 2 atom stereocenters. The number of nitrogens with zero attached hydrogens (tertiary/aromatic N) is 1. The third-order valence-corrected chi connectivity index (χ3v) is 4.15. The van der Waals surface area contributed by atoms with Gasteiger partial charge in [-0.3, -0.25) is 4.79 Å². The molecule has 110 valence electrons.